The quantitative estimate of drug-likeness (QED) is 0.770. The van der Waals surface area contributed by atoms with Gasteiger partial charge in [0.05, 0.1) is 5.88 Å². The number of pyridine rings is 1. The summed E-state index contributed by atoms with van der Waals surface area (Å²) in [6.07, 6.45) is -4.84. The molecule has 2 nitrogen and oxygen atoms in total. The molecule has 0 saturated carbocycles. The molecular formula is C10H11ClF3NO. The zero-order chi connectivity index (χ0) is 12.3. The molecule has 1 aromatic rings. The Morgan fingerprint density at radius 1 is 1.50 bits per heavy atom. The summed E-state index contributed by atoms with van der Waals surface area (Å²) in [5.41, 5.74) is 1.03. The summed E-state index contributed by atoms with van der Waals surface area (Å²) in [6, 6.07) is 1.44. The smallest absolute Gasteiger partial charge is 0.425 e. The van der Waals surface area contributed by atoms with Crippen LogP contribution in [-0.2, 0) is 5.88 Å². The lowest BCUT2D eigenvalue weighted by Gasteiger charge is -2.19. The Bertz CT molecular complexity index is 368. The molecule has 0 aliphatic rings. The van der Waals surface area contributed by atoms with E-state index in [0.29, 0.717) is 11.3 Å². The lowest BCUT2D eigenvalue weighted by Crippen LogP contribution is -2.31. The number of alkyl halides is 4. The van der Waals surface area contributed by atoms with Gasteiger partial charge in [0.1, 0.15) is 5.75 Å². The molecule has 0 aliphatic heterocycles. The first kappa shape index (κ1) is 13.1. The van der Waals surface area contributed by atoms with Crippen molar-refractivity contribution in [2.45, 2.75) is 32.0 Å². The van der Waals surface area contributed by atoms with Gasteiger partial charge in [-0.25, -0.2) is 0 Å². The van der Waals surface area contributed by atoms with E-state index >= 15 is 0 Å². The van der Waals surface area contributed by atoms with Crippen LogP contribution in [0.5, 0.6) is 5.75 Å². The van der Waals surface area contributed by atoms with Crippen molar-refractivity contribution in [3.05, 3.63) is 23.5 Å². The highest BCUT2D eigenvalue weighted by atomic mass is 35.5. The van der Waals surface area contributed by atoms with Gasteiger partial charge in [-0.2, -0.15) is 13.2 Å². The molecule has 1 unspecified atom stereocenters. The summed E-state index contributed by atoms with van der Waals surface area (Å²) in [5.74, 6) is 0.194. The molecule has 0 aliphatic carbocycles. The van der Waals surface area contributed by atoms with Crippen LogP contribution in [0.4, 0.5) is 13.2 Å². The first-order valence-corrected chi connectivity index (χ1v) is 5.13. The van der Waals surface area contributed by atoms with Crippen LogP contribution >= 0.6 is 11.6 Å². The third-order valence-electron chi connectivity index (χ3n) is 1.99. The van der Waals surface area contributed by atoms with Crippen molar-refractivity contribution in [1.29, 1.82) is 0 Å². The lowest BCUT2D eigenvalue weighted by atomic mass is 10.2. The van der Waals surface area contributed by atoms with E-state index in [2.05, 4.69) is 4.98 Å². The van der Waals surface area contributed by atoms with Gasteiger partial charge in [-0.15, -0.1) is 11.6 Å². The third kappa shape index (κ3) is 3.27. The standard InChI is InChI=1S/C10H11ClF3NO/c1-6-3-9(8(4-11)5-15-6)16-7(2)10(12,13)14/h3,5,7H,4H2,1-2H3. The Morgan fingerprint density at radius 2 is 2.12 bits per heavy atom. The van der Waals surface area contributed by atoms with Crippen molar-refractivity contribution >= 4 is 11.6 Å². The van der Waals surface area contributed by atoms with Crippen LogP contribution in [0.3, 0.4) is 0 Å². The topological polar surface area (TPSA) is 22.1 Å². The first-order chi connectivity index (χ1) is 7.34. The molecule has 90 valence electrons. The minimum absolute atomic E-state index is 0.0627. The highest BCUT2D eigenvalue weighted by Gasteiger charge is 2.38. The average Bonchev–Trinajstić information content (AvgIpc) is 2.16. The van der Waals surface area contributed by atoms with Gasteiger partial charge >= 0.3 is 6.18 Å². The SMILES string of the molecule is Cc1cc(OC(C)C(F)(F)F)c(CCl)cn1. The van der Waals surface area contributed by atoms with E-state index in [1.165, 1.54) is 12.3 Å². The molecule has 6 heteroatoms. The number of hydrogen-bond donors (Lipinski definition) is 0. The summed E-state index contributed by atoms with van der Waals surface area (Å²) in [4.78, 5) is 3.93. The van der Waals surface area contributed by atoms with Crippen molar-refractivity contribution in [3.63, 3.8) is 0 Å². The summed E-state index contributed by atoms with van der Waals surface area (Å²) >= 11 is 5.58. The molecule has 0 radical (unpaired) electrons. The molecule has 0 spiro atoms. The molecular weight excluding hydrogens is 243 g/mol. The van der Waals surface area contributed by atoms with Crippen molar-refractivity contribution in [1.82, 2.24) is 4.98 Å². The monoisotopic (exact) mass is 253 g/mol. The third-order valence-corrected chi connectivity index (χ3v) is 2.28. The van der Waals surface area contributed by atoms with E-state index in [9.17, 15) is 13.2 Å². The van der Waals surface area contributed by atoms with Crippen LogP contribution in [0.2, 0.25) is 0 Å². The van der Waals surface area contributed by atoms with Crippen LogP contribution in [0.25, 0.3) is 0 Å². The largest absolute Gasteiger partial charge is 0.481 e. The number of halogens is 4. The van der Waals surface area contributed by atoms with Crippen molar-refractivity contribution < 1.29 is 17.9 Å². The fraction of sp³-hybridized carbons (Fsp3) is 0.500. The number of ether oxygens (including phenoxy) is 1. The first-order valence-electron chi connectivity index (χ1n) is 4.59. The Morgan fingerprint density at radius 3 is 2.62 bits per heavy atom. The maximum absolute atomic E-state index is 12.3. The van der Waals surface area contributed by atoms with E-state index in [1.54, 1.807) is 6.92 Å². The number of aryl methyl sites for hydroxylation is 1. The fourth-order valence-electron chi connectivity index (χ4n) is 1.03. The second kappa shape index (κ2) is 4.91. The van der Waals surface area contributed by atoms with Crippen LogP contribution in [0.15, 0.2) is 12.3 Å². The molecule has 0 N–H and O–H groups in total. The zero-order valence-corrected chi connectivity index (χ0v) is 9.56. The van der Waals surface area contributed by atoms with Crippen molar-refractivity contribution in [2.24, 2.45) is 0 Å². The summed E-state index contributed by atoms with van der Waals surface area (Å²) < 4.78 is 41.7. The summed E-state index contributed by atoms with van der Waals surface area (Å²) in [6.45, 7) is 2.62. The maximum atomic E-state index is 12.3. The van der Waals surface area contributed by atoms with Crippen LogP contribution in [0, 0.1) is 6.92 Å². The van der Waals surface area contributed by atoms with Crippen molar-refractivity contribution in [3.8, 4) is 5.75 Å². The Kier molecular flexibility index (Phi) is 4.02. The van der Waals surface area contributed by atoms with Gasteiger partial charge < -0.3 is 4.74 Å². The van der Waals surface area contributed by atoms with Gasteiger partial charge in [-0.1, -0.05) is 0 Å². The molecule has 0 saturated heterocycles. The predicted octanol–water partition coefficient (Wildman–Crippen LogP) is 3.46. The molecule has 0 bridgehead atoms. The van der Waals surface area contributed by atoms with Crippen LogP contribution < -0.4 is 4.74 Å². The molecule has 1 atom stereocenters. The zero-order valence-electron chi connectivity index (χ0n) is 8.81. The van der Waals surface area contributed by atoms with Crippen LogP contribution in [-0.4, -0.2) is 17.3 Å². The molecule has 0 amide bonds. The highest BCUT2D eigenvalue weighted by molar-refractivity contribution is 6.17. The van der Waals surface area contributed by atoms with Gasteiger partial charge in [-0.05, 0) is 13.8 Å². The Balaban J connectivity index is 2.91. The number of nitrogens with zero attached hydrogens (tertiary/aromatic N) is 1. The van der Waals surface area contributed by atoms with E-state index in [1.807, 2.05) is 0 Å². The molecule has 0 fully saturated rings. The lowest BCUT2D eigenvalue weighted by molar-refractivity contribution is -0.189. The molecule has 1 aromatic heterocycles. The average molecular weight is 254 g/mol. The fourth-order valence-corrected chi connectivity index (χ4v) is 1.23. The number of aromatic nitrogens is 1. The number of rotatable bonds is 3. The minimum atomic E-state index is -4.39. The Labute approximate surface area is 96.4 Å². The Hall–Kier alpha value is -0.970. The van der Waals surface area contributed by atoms with E-state index in [0.717, 1.165) is 6.92 Å². The minimum Gasteiger partial charge on any atom is -0.481 e. The number of hydrogen-bond acceptors (Lipinski definition) is 2. The molecule has 1 heterocycles. The van der Waals surface area contributed by atoms with Gasteiger partial charge in [0.15, 0.2) is 6.10 Å². The van der Waals surface area contributed by atoms with Gasteiger partial charge in [0.2, 0.25) is 0 Å². The van der Waals surface area contributed by atoms with E-state index in [-0.39, 0.29) is 11.6 Å². The van der Waals surface area contributed by atoms with Crippen LogP contribution in [0.1, 0.15) is 18.2 Å². The molecule has 16 heavy (non-hydrogen) atoms. The summed E-state index contributed by atoms with van der Waals surface area (Å²) in [5, 5.41) is 0. The summed E-state index contributed by atoms with van der Waals surface area (Å²) in [7, 11) is 0. The van der Waals surface area contributed by atoms with Gasteiger partial charge in [0.25, 0.3) is 0 Å². The maximum Gasteiger partial charge on any atom is 0.425 e. The highest BCUT2D eigenvalue weighted by Crippen LogP contribution is 2.27. The second-order valence-corrected chi connectivity index (χ2v) is 3.64. The molecule has 1 rings (SSSR count). The van der Waals surface area contributed by atoms with Crippen molar-refractivity contribution in [2.75, 3.05) is 0 Å². The predicted molar refractivity (Wildman–Crippen MR) is 54.7 cm³/mol. The molecule has 0 aromatic carbocycles. The van der Waals surface area contributed by atoms with E-state index in [4.69, 9.17) is 16.3 Å². The van der Waals surface area contributed by atoms with Gasteiger partial charge in [0, 0.05) is 23.5 Å². The normalized spacial score (nSPS) is 13.6. The van der Waals surface area contributed by atoms with Gasteiger partial charge in [-0.3, -0.25) is 4.98 Å². The second-order valence-electron chi connectivity index (χ2n) is 3.37. The van der Waals surface area contributed by atoms with E-state index < -0.39 is 12.3 Å².